The summed E-state index contributed by atoms with van der Waals surface area (Å²) in [6.45, 7) is 5.55. The predicted molar refractivity (Wildman–Crippen MR) is 80.5 cm³/mol. The Morgan fingerprint density at radius 2 is 1.95 bits per heavy atom. The summed E-state index contributed by atoms with van der Waals surface area (Å²) >= 11 is 0. The first-order chi connectivity index (χ1) is 9.15. The molecule has 1 atom stereocenters. The minimum atomic E-state index is 0.511. The third kappa shape index (κ3) is 4.73. The zero-order valence-electron chi connectivity index (χ0n) is 13.1. The Hall–Kier alpha value is -0.120. The highest BCUT2D eigenvalue weighted by molar-refractivity contribution is 4.91. The first-order valence-corrected chi connectivity index (χ1v) is 8.08. The number of likely N-dealkylation sites (N-methyl/N-ethyl adjacent to an activating group) is 1. The largest absolute Gasteiger partial charge is 0.383 e. The zero-order valence-corrected chi connectivity index (χ0v) is 13.1. The molecule has 0 aromatic carbocycles. The highest BCUT2D eigenvalue weighted by atomic mass is 16.5. The van der Waals surface area contributed by atoms with E-state index in [4.69, 9.17) is 4.74 Å². The molecule has 0 aliphatic heterocycles. The van der Waals surface area contributed by atoms with Crippen LogP contribution in [0.2, 0.25) is 0 Å². The average Bonchev–Trinajstić information content (AvgIpc) is 3.22. The van der Waals surface area contributed by atoms with Crippen molar-refractivity contribution in [3.63, 3.8) is 0 Å². The Balaban J connectivity index is 1.87. The second-order valence-corrected chi connectivity index (χ2v) is 6.94. The van der Waals surface area contributed by atoms with Gasteiger partial charge in [0.1, 0.15) is 0 Å². The van der Waals surface area contributed by atoms with Gasteiger partial charge < -0.3 is 15.0 Å². The van der Waals surface area contributed by atoms with E-state index in [0.717, 1.165) is 12.6 Å². The Morgan fingerprint density at radius 3 is 2.53 bits per heavy atom. The molecule has 1 unspecified atom stereocenters. The van der Waals surface area contributed by atoms with Crippen LogP contribution in [0, 0.1) is 5.41 Å². The minimum Gasteiger partial charge on any atom is -0.383 e. The third-order valence-electron chi connectivity index (χ3n) is 5.00. The van der Waals surface area contributed by atoms with E-state index >= 15 is 0 Å². The number of nitrogens with zero attached hydrogens (tertiary/aromatic N) is 1. The lowest BCUT2D eigenvalue weighted by molar-refractivity contribution is 0.0612. The number of rotatable bonds is 8. The van der Waals surface area contributed by atoms with E-state index in [1.165, 1.54) is 58.0 Å². The Labute approximate surface area is 119 Å². The third-order valence-corrected chi connectivity index (χ3v) is 5.00. The monoisotopic (exact) mass is 268 g/mol. The SMILES string of the molecule is COCC(C)N(C)CC1(CNC2CC2)CCCCC1. The number of nitrogens with one attached hydrogen (secondary N) is 1. The van der Waals surface area contributed by atoms with Crippen molar-refractivity contribution in [2.45, 2.75) is 64.0 Å². The normalized spacial score (nSPS) is 24.6. The van der Waals surface area contributed by atoms with E-state index in [9.17, 15) is 0 Å². The zero-order chi connectivity index (χ0) is 13.7. The molecule has 2 fully saturated rings. The number of hydrogen-bond donors (Lipinski definition) is 1. The maximum absolute atomic E-state index is 5.30. The molecule has 2 aliphatic carbocycles. The van der Waals surface area contributed by atoms with E-state index in [1.54, 1.807) is 7.11 Å². The molecule has 0 bridgehead atoms. The summed E-state index contributed by atoms with van der Waals surface area (Å²) in [6, 6.07) is 1.35. The molecule has 0 amide bonds. The van der Waals surface area contributed by atoms with E-state index in [0.29, 0.717) is 11.5 Å². The molecule has 0 aromatic heterocycles. The average molecular weight is 268 g/mol. The van der Waals surface area contributed by atoms with Gasteiger partial charge in [0.05, 0.1) is 6.61 Å². The summed E-state index contributed by atoms with van der Waals surface area (Å²) < 4.78 is 5.30. The molecular formula is C16H32N2O. The smallest absolute Gasteiger partial charge is 0.0615 e. The van der Waals surface area contributed by atoms with Crippen molar-refractivity contribution < 1.29 is 4.74 Å². The molecule has 2 aliphatic rings. The van der Waals surface area contributed by atoms with Gasteiger partial charge >= 0.3 is 0 Å². The van der Waals surface area contributed by atoms with Crippen LogP contribution in [0.3, 0.4) is 0 Å². The van der Waals surface area contributed by atoms with Crippen molar-refractivity contribution in [1.29, 1.82) is 0 Å². The van der Waals surface area contributed by atoms with Gasteiger partial charge in [-0.05, 0) is 45.1 Å². The fourth-order valence-electron chi connectivity index (χ4n) is 3.39. The summed E-state index contributed by atoms with van der Waals surface area (Å²) in [5.74, 6) is 0. The van der Waals surface area contributed by atoms with Gasteiger partial charge in [-0.2, -0.15) is 0 Å². The molecule has 0 aromatic rings. The fraction of sp³-hybridized carbons (Fsp3) is 1.00. The van der Waals surface area contributed by atoms with Gasteiger partial charge in [-0.25, -0.2) is 0 Å². The van der Waals surface area contributed by atoms with E-state index in [2.05, 4.69) is 24.2 Å². The molecule has 3 nitrogen and oxygen atoms in total. The Morgan fingerprint density at radius 1 is 1.26 bits per heavy atom. The van der Waals surface area contributed by atoms with Gasteiger partial charge in [0, 0.05) is 32.3 Å². The lowest BCUT2D eigenvalue weighted by atomic mass is 9.73. The summed E-state index contributed by atoms with van der Waals surface area (Å²) in [6.07, 6.45) is 9.85. The van der Waals surface area contributed by atoms with Gasteiger partial charge in [-0.1, -0.05) is 19.3 Å². The van der Waals surface area contributed by atoms with Crippen LogP contribution in [-0.4, -0.2) is 50.8 Å². The molecule has 2 saturated carbocycles. The molecule has 1 N–H and O–H groups in total. The van der Waals surface area contributed by atoms with Crippen molar-refractivity contribution in [3.8, 4) is 0 Å². The molecule has 3 heteroatoms. The van der Waals surface area contributed by atoms with Gasteiger partial charge in [0.25, 0.3) is 0 Å². The second kappa shape index (κ2) is 7.05. The molecular weight excluding hydrogens is 236 g/mol. The van der Waals surface area contributed by atoms with Crippen molar-refractivity contribution in [1.82, 2.24) is 10.2 Å². The quantitative estimate of drug-likeness (QED) is 0.732. The van der Waals surface area contributed by atoms with Gasteiger partial charge in [0.2, 0.25) is 0 Å². The molecule has 0 heterocycles. The topological polar surface area (TPSA) is 24.5 Å². The van der Waals surface area contributed by atoms with E-state index < -0.39 is 0 Å². The number of ether oxygens (including phenoxy) is 1. The van der Waals surface area contributed by atoms with Gasteiger partial charge in [0.15, 0.2) is 0 Å². The Bertz CT molecular complexity index is 259. The molecule has 0 spiro atoms. The molecule has 0 radical (unpaired) electrons. The van der Waals surface area contributed by atoms with Crippen LogP contribution in [0.5, 0.6) is 0 Å². The van der Waals surface area contributed by atoms with E-state index in [-0.39, 0.29) is 0 Å². The lowest BCUT2D eigenvalue weighted by Crippen LogP contribution is -2.47. The van der Waals surface area contributed by atoms with Crippen LogP contribution in [0.4, 0.5) is 0 Å². The van der Waals surface area contributed by atoms with Crippen LogP contribution in [0.1, 0.15) is 51.9 Å². The van der Waals surface area contributed by atoms with Crippen LogP contribution in [0.15, 0.2) is 0 Å². The maximum atomic E-state index is 5.30. The van der Waals surface area contributed by atoms with Gasteiger partial charge in [-0.3, -0.25) is 0 Å². The summed E-state index contributed by atoms with van der Waals surface area (Å²) in [5.41, 5.74) is 0.511. The fourth-order valence-corrected chi connectivity index (χ4v) is 3.39. The van der Waals surface area contributed by atoms with Gasteiger partial charge in [-0.15, -0.1) is 0 Å². The predicted octanol–water partition coefficient (Wildman–Crippen LogP) is 2.66. The van der Waals surface area contributed by atoms with Crippen molar-refractivity contribution in [2.24, 2.45) is 5.41 Å². The molecule has 19 heavy (non-hydrogen) atoms. The van der Waals surface area contributed by atoms with E-state index in [1.807, 2.05) is 0 Å². The molecule has 112 valence electrons. The van der Waals surface area contributed by atoms with Crippen LogP contribution >= 0.6 is 0 Å². The molecule has 0 saturated heterocycles. The second-order valence-electron chi connectivity index (χ2n) is 6.94. The number of hydrogen-bond acceptors (Lipinski definition) is 3. The molecule has 2 rings (SSSR count). The van der Waals surface area contributed by atoms with Crippen molar-refractivity contribution in [2.75, 3.05) is 33.9 Å². The highest BCUT2D eigenvalue weighted by Gasteiger charge is 2.35. The standard InChI is InChI=1S/C16H32N2O/c1-14(11-19-3)18(2)13-16(9-5-4-6-10-16)12-17-15-7-8-15/h14-15,17H,4-13H2,1-3H3. The van der Waals surface area contributed by atoms with Crippen LogP contribution < -0.4 is 5.32 Å². The first kappa shape index (κ1) is 15.3. The first-order valence-electron chi connectivity index (χ1n) is 8.08. The van der Waals surface area contributed by atoms with Crippen LogP contribution in [-0.2, 0) is 4.74 Å². The summed E-state index contributed by atoms with van der Waals surface area (Å²) in [7, 11) is 4.06. The summed E-state index contributed by atoms with van der Waals surface area (Å²) in [4.78, 5) is 2.50. The highest BCUT2D eigenvalue weighted by Crippen LogP contribution is 2.37. The summed E-state index contributed by atoms with van der Waals surface area (Å²) in [5, 5.41) is 3.79. The number of methoxy groups -OCH3 is 1. The maximum Gasteiger partial charge on any atom is 0.0615 e. The van der Waals surface area contributed by atoms with Crippen molar-refractivity contribution >= 4 is 0 Å². The van der Waals surface area contributed by atoms with Crippen LogP contribution in [0.25, 0.3) is 0 Å². The lowest BCUT2D eigenvalue weighted by Gasteiger charge is -2.42. The van der Waals surface area contributed by atoms with Crippen molar-refractivity contribution in [3.05, 3.63) is 0 Å². The Kier molecular flexibility index (Phi) is 5.67. The minimum absolute atomic E-state index is 0.511.